The third-order valence-corrected chi connectivity index (χ3v) is 4.83. The zero-order valence-corrected chi connectivity index (χ0v) is 15.8. The summed E-state index contributed by atoms with van der Waals surface area (Å²) >= 11 is 5.43. The van der Waals surface area contributed by atoms with Crippen LogP contribution >= 0.6 is 12.2 Å². The number of aliphatic hydroxyl groups is 1. The van der Waals surface area contributed by atoms with Crippen LogP contribution in [0.15, 0.2) is 45.8 Å². The quantitative estimate of drug-likeness (QED) is 0.537. The predicted molar refractivity (Wildman–Crippen MR) is 106 cm³/mol. The Morgan fingerprint density at radius 2 is 2.11 bits per heavy atom. The van der Waals surface area contributed by atoms with Gasteiger partial charge in [-0.25, -0.2) is 0 Å². The Bertz CT molecular complexity index is 1050. The number of aromatic amines is 1. The topological polar surface area (TPSA) is 100.0 Å². The van der Waals surface area contributed by atoms with E-state index in [0.717, 1.165) is 11.1 Å². The third kappa shape index (κ3) is 3.80. The van der Waals surface area contributed by atoms with Crippen molar-refractivity contribution < 1.29 is 19.0 Å². The Morgan fingerprint density at radius 1 is 1.29 bits per heavy atom. The second-order valence-electron chi connectivity index (χ2n) is 6.30. The molecule has 9 heteroatoms. The van der Waals surface area contributed by atoms with E-state index < -0.39 is 0 Å². The van der Waals surface area contributed by atoms with Crippen molar-refractivity contribution in [3.63, 3.8) is 0 Å². The van der Waals surface area contributed by atoms with Crippen molar-refractivity contribution in [2.45, 2.75) is 13.1 Å². The molecule has 0 atom stereocenters. The number of aliphatic hydroxyl groups excluding tert-OH is 1. The number of aromatic nitrogens is 1. The molecule has 2 aromatic heterocycles. The Hall–Kier alpha value is -3.04. The molecule has 4 rings (SSSR count). The number of nitrogens with one attached hydrogen (secondary N) is 2. The lowest BCUT2D eigenvalue weighted by atomic mass is 10.1. The van der Waals surface area contributed by atoms with E-state index in [1.807, 2.05) is 12.1 Å². The van der Waals surface area contributed by atoms with Crippen molar-refractivity contribution >= 4 is 28.2 Å². The van der Waals surface area contributed by atoms with Gasteiger partial charge in [-0.15, -0.1) is 0 Å². The molecular formula is C19H19N3O5S. The fourth-order valence-electron chi connectivity index (χ4n) is 3.03. The van der Waals surface area contributed by atoms with Gasteiger partial charge in [0.05, 0.1) is 31.5 Å². The highest BCUT2D eigenvalue weighted by molar-refractivity contribution is 7.80. The Morgan fingerprint density at radius 3 is 2.86 bits per heavy atom. The molecule has 3 aromatic rings. The van der Waals surface area contributed by atoms with Crippen LogP contribution in [-0.2, 0) is 13.1 Å². The van der Waals surface area contributed by atoms with Crippen LogP contribution in [0.25, 0.3) is 10.9 Å². The maximum Gasteiger partial charge on any atom is 0.253 e. The average Bonchev–Trinajstić information content (AvgIpc) is 3.36. The summed E-state index contributed by atoms with van der Waals surface area (Å²) in [4.78, 5) is 17.2. The van der Waals surface area contributed by atoms with Crippen molar-refractivity contribution in [2.75, 3.05) is 19.9 Å². The maximum absolute atomic E-state index is 12.5. The molecule has 0 aliphatic carbocycles. The first-order chi connectivity index (χ1) is 13.6. The first kappa shape index (κ1) is 18.3. The minimum Gasteiger partial charge on any atom is -0.467 e. The van der Waals surface area contributed by atoms with Crippen LogP contribution < -0.4 is 20.3 Å². The molecule has 1 aromatic carbocycles. The minimum absolute atomic E-state index is 0.0905. The summed E-state index contributed by atoms with van der Waals surface area (Å²) in [6.07, 6.45) is 1.59. The zero-order valence-electron chi connectivity index (χ0n) is 14.9. The summed E-state index contributed by atoms with van der Waals surface area (Å²) in [6, 6.07) is 9.02. The van der Waals surface area contributed by atoms with Gasteiger partial charge in [-0.1, -0.05) is 0 Å². The highest BCUT2D eigenvalue weighted by atomic mass is 32.1. The van der Waals surface area contributed by atoms with E-state index in [0.29, 0.717) is 40.8 Å². The summed E-state index contributed by atoms with van der Waals surface area (Å²) in [5.41, 5.74) is 0.982. The molecule has 28 heavy (non-hydrogen) atoms. The van der Waals surface area contributed by atoms with Gasteiger partial charge in [0.25, 0.3) is 5.56 Å². The number of nitrogens with zero attached hydrogens (tertiary/aromatic N) is 1. The molecule has 0 saturated heterocycles. The smallest absolute Gasteiger partial charge is 0.253 e. The van der Waals surface area contributed by atoms with Crippen LogP contribution in [0.4, 0.5) is 0 Å². The lowest BCUT2D eigenvalue weighted by Gasteiger charge is -2.24. The van der Waals surface area contributed by atoms with Crippen LogP contribution in [0.5, 0.6) is 11.5 Å². The van der Waals surface area contributed by atoms with Gasteiger partial charge in [0.1, 0.15) is 5.76 Å². The number of thiocarbonyl (C=S) groups is 1. The molecule has 0 saturated carbocycles. The normalized spacial score (nSPS) is 12.3. The third-order valence-electron chi connectivity index (χ3n) is 4.43. The molecule has 0 unspecified atom stereocenters. The number of pyridine rings is 1. The van der Waals surface area contributed by atoms with Crippen molar-refractivity contribution in [2.24, 2.45) is 0 Å². The minimum atomic E-state index is -0.219. The fourth-order valence-corrected chi connectivity index (χ4v) is 3.25. The van der Waals surface area contributed by atoms with Gasteiger partial charge in [-0.3, -0.25) is 4.79 Å². The highest BCUT2D eigenvalue weighted by Gasteiger charge is 2.17. The molecule has 146 valence electrons. The summed E-state index contributed by atoms with van der Waals surface area (Å²) in [5, 5.41) is 13.7. The number of hydrogen-bond acceptors (Lipinski definition) is 6. The number of furan rings is 1. The molecule has 0 amide bonds. The van der Waals surface area contributed by atoms with Crippen molar-refractivity contribution in [1.29, 1.82) is 0 Å². The first-order valence-corrected chi connectivity index (χ1v) is 9.16. The van der Waals surface area contributed by atoms with Crippen molar-refractivity contribution in [3.8, 4) is 11.5 Å². The molecule has 0 spiro atoms. The predicted octanol–water partition coefficient (Wildman–Crippen LogP) is 1.72. The van der Waals surface area contributed by atoms with Crippen LogP contribution in [0, 0.1) is 0 Å². The SMILES string of the molecule is O=c1[nH]c2cc3c(cc2cc1CN(CCO)C(=S)NCc1ccco1)OCO3. The molecule has 1 aliphatic rings. The van der Waals surface area contributed by atoms with Crippen LogP contribution in [0.1, 0.15) is 11.3 Å². The van der Waals surface area contributed by atoms with Crippen LogP contribution in [-0.4, -0.2) is 40.0 Å². The number of hydrogen-bond donors (Lipinski definition) is 3. The van der Waals surface area contributed by atoms with E-state index >= 15 is 0 Å². The van der Waals surface area contributed by atoms with E-state index in [1.54, 1.807) is 29.4 Å². The largest absolute Gasteiger partial charge is 0.467 e. The van der Waals surface area contributed by atoms with E-state index in [1.165, 1.54) is 0 Å². The van der Waals surface area contributed by atoms with E-state index in [2.05, 4.69) is 10.3 Å². The van der Waals surface area contributed by atoms with Gasteiger partial charge in [0.15, 0.2) is 16.6 Å². The van der Waals surface area contributed by atoms with Crippen LogP contribution in [0.3, 0.4) is 0 Å². The standard InChI is InChI=1S/C19H19N3O5S/c23-4-3-22(19(28)20-9-14-2-1-5-25-14)10-13-6-12-7-16-17(27-11-26-16)8-15(12)21-18(13)24/h1-2,5-8,23H,3-4,9-11H2,(H,20,28)(H,21,24). The molecule has 1 aliphatic heterocycles. The molecule has 0 radical (unpaired) electrons. The Kier molecular flexibility index (Phi) is 5.18. The second kappa shape index (κ2) is 7.91. The summed E-state index contributed by atoms with van der Waals surface area (Å²) in [6.45, 7) is 1.05. The molecule has 3 heterocycles. The van der Waals surface area contributed by atoms with Crippen molar-refractivity contribution in [1.82, 2.24) is 15.2 Å². The summed E-state index contributed by atoms with van der Waals surface area (Å²) < 4.78 is 16.0. The number of H-pyrrole nitrogens is 1. The average molecular weight is 401 g/mol. The molecule has 0 fully saturated rings. The first-order valence-electron chi connectivity index (χ1n) is 8.75. The molecular weight excluding hydrogens is 382 g/mol. The van der Waals surface area contributed by atoms with Gasteiger partial charge >= 0.3 is 0 Å². The van der Waals surface area contributed by atoms with Gasteiger partial charge in [0.2, 0.25) is 6.79 Å². The number of fused-ring (bicyclic) bond motifs is 2. The highest BCUT2D eigenvalue weighted by Crippen LogP contribution is 2.35. The summed E-state index contributed by atoms with van der Waals surface area (Å²) in [7, 11) is 0. The lowest BCUT2D eigenvalue weighted by molar-refractivity contribution is 0.174. The second-order valence-corrected chi connectivity index (χ2v) is 6.69. The van der Waals surface area contributed by atoms with Gasteiger partial charge in [-0.2, -0.15) is 0 Å². The van der Waals surface area contributed by atoms with Gasteiger partial charge < -0.3 is 34.2 Å². The molecule has 0 bridgehead atoms. The molecule has 3 N–H and O–H groups in total. The summed E-state index contributed by atoms with van der Waals surface area (Å²) in [5.74, 6) is 2.00. The van der Waals surface area contributed by atoms with Gasteiger partial charge in [0, 0.05) is 23.6 Å². The Balaban J connectivity index is 1.55. The number of benzene rings is 1. The monoisotopic (exact) mass is 401 g/mol. The fraction of sp³-hybridized carbons (Fsp3) is 0.263. The van der Waals surface area contributed by atoms with E-state index in [9.17, 15) is 9.90 Å². The molecule has 8 nitrogen and oxygen atoms in total. The van der Waals surface area contributed by atoms with E-state index in [-0.39, 0.29) is 25.5 Å². The zero-order chi connectivity index (χ0) is 19.5. The lowest BCUT2D eigenvalue weighted by Crippen LogP contribution is -2.41. The maximum atomic E-state index is 12.5. The van der Waals surface area contributed by atoms with Crippen LogP contribution in [0.2, 0.25) is 0 Å². The Labute approximate surface area is 165 Å². The van der Waals surface area contributed by atoms with Crippen molar-refractivity contribution in [3.05, 3.63) is 58.3 Å². The number of rotatable bonds is 6. The number of ether oxygens (including phenoxy) is 2. The van der Waals surface area contributed by atoms with E-state index in [4.69, 9.17) is 26.1 Å². The van der Waals surface area contributed by atoms with Gasteiger partial charge in [-0.05, 0) is 36.5 Å².